The smallest absolute Gasteiger partial charge is 0.380 e. The van der Waals surface area contributed by atoms with Crippen LogP contribution in [0.2, 0.25) is 0 Å². The Hall–Kier alpha value is -1.14. The van der Waals surface area contributed by atoms with Gasteiger partial charge < -0.3 is 5.11 Å². The fourth-order valence-electron chi connectivity index (χ4n) is 2.26. The second kappa shape index (κ2) is 5.09. The van der Waals surface area contributed by atoms with Crippen molar-refractivity contribution in [2.45, 2.75) is 38.1 Å². The van der Waals surface area contributed by atoms with E-state index in [4.69, 9.17) is 0 Å². The summed E-state index contributed by atoms with van der Waals surface area (Å²) in [6.45, 7) is 2.91. The maximum absolute atomic E-state index is 12.7. The molecule has 0 atom stereocenters. The fourth-order valence-corrected chi connectivity index (χ4v) is 2.26. The molecule has 6 heteroatoms. The number of hydrogen-bond donors (Lipinski definition) is 1. The van der Waals surface area contributed by atoms with E-state index < -0.39 is 11.8 Å². The van der Waals surface area contributed by atoms with Gasteiger partial charge in [0.15, 0.2) is 5.60 Å². The molecule has 0 amide bonds. The first-order valence-corrected chi connectivity index (χ1v) is 6.24. The van der Waals surface area contributed by atoms with E-state index in [1.165, 1.54) is 0 Å². The molecule has 1 N–H and O–H groups in total. The summed E-state index contributed by atoms with van der Waals surface area (Å²) >= 11 is 0. The summed E-state index contributed by atoms with van der Waals surface area (Å²) in [7, 11) is 0. The molecule has 106 valence electrons. The summed E-state index contributed by atoms with van der Waals surface area (Å²) in [6, 6.07) is 3.76. The molecule has 3 nitrogen and oxygen atoms in total. The van der Waals surface area contributed by atoms with Crippen molar-refractivity contribution in [1.29, 1.82) is 0 Å². The molecule has 1 aliphatic heterocycles. The number of aromatic nitrogens is 1. The van der Waals surface area contributed by atoms with Crippen LogP contribution in [0.3, 0.4) is 0 Å². The van der Waals surface area contributed by atoms with Crippen molar-refractivity contribution >= 4 is 0 Å². The number of hydrogen-bond acceptors (Lipinski definition) is 3. The van der Waals surface area contributed by atoms with Crippen LogP contribution in [0.15, 0.2) is 18.3 Å². The zero-order valence-electron chi connectivity index (χ0n) is 10.7. The van der Waals surface area contributed by atoms with Gasteiger partial charge in [0, 0.05) is 25.8 Å². The number of aryl methyl sites for hydroxylation is 1. The van der Waals surface area contributed by atoms with E-state index >= 15 is 0 Å². The van der Waals surface area contributed by atoms with E-state index in [2.05, 4.69) is 4.98 Å². The highest BCUT2D eigenvalue weighted by atomic mass is 19.4. The topological polar surface area (TPSA) is 36.4 Å². The molecule has 2 rings (SSSR count). The Morgan fingerprint density at radius 3 is 2.53 bits per heavy atom. The molecule has 1 aliphatic rings. The number of piperidine rings is 1. The molecular formula is C13H17F3N2O. The summed E-state index contributed by atoms with van der Waals surface area (Å²) in [4.78, 5) is 6.13. The summed E-state index contributed by atoms with van der Waals surface area (Å²) < 4.78 is 38.0. The largest absolute Gasteiger partial charge is 0.417 e. The quantitative estimate of drug-likeness (QED) is 0.899. The predicted octanol–water partition coefficient (Wildman–Crippen LogP) is 2.28. The Kier molecular flexibility index (Phi) is 3.82. The lowest BCUT2D eigenvalue weighted by Gasteiger charge is -2.39. The van der Waals surface area contributed by atoms with Gasteiger partial charge in [-0.05, 0) is 31.4 Å². The van der Waals surface area contributed by atoms with Crippen molar-refractivity contribution in [3.63, 3.8) is 0 Å². The van der Waals surface area contributed by atoms with Gasteiger partial charge in [-0.3, -0.25) is 9.88 Å². The number of halogens is 3. The Morgan fingerprint density at radius 2 is 2.00 bits per heavy atom. The molecule has 2 heterocycles. The number of rotatable bonds is 2. The van der Waals surface area contributed by atoms with Gasteiger partial charge in [0.1, 0.15) is 0 Å². The Balaban J connectivity index is 1.96. The first-order valence-electron chi connectivity index (χ1n) is 6.24. The first-order chi connectivity index (χ1) is 8.82. The third-order valence-corrected chi connectivity index (χ3v) is 3.70. The number of likely N-dealkylation sites (tertiary alicyclic amines) is 1. The first kappa shape index (κ1) is 14.3. The maximum Gasteiger partial charge on any atom is 0.417 e. The SMILES string of the molecule is Cc1cccnc1CN1CCC(O)(C(F)(F)F)CC1. The van der Waals surface area contributed by atoms with Crippen LogP contribution in [-0.4, -0.2) is 39.9 Å². The third kappa shape index (κ3) is 3.06. The summed E-state index contributed by atoms with van der Waals surface area (Å²) in [5.41, 5.74) is -0.623. The van der Waals surface area contributed by atoms with Crippen LogP contribution < -0.4 is 0 Å². The molecule has 0 radical (unpaired) electrons. The molecule has 1 aromatic rings. The lowest BCUT2D eigenvalue weighted by Crippen LogP contribution is -2.53. The predicted molar refractivity (Wildman–Crippen MR) is 64.5 cm³/mol. The molecule has 1 saturated heterocycles. The lowest BCUT2D eigenvalue weighted by molar-refractivity contribution is -0.272. The fraction of sp³-hybridized carbons (Fsp3) is 0.615. The van der Waals surface area contributed by atoms with Crippen LogP contribution in [0, 0.1) is 6.92 Å². The van der Waals surface area contributed by atoms with Crippen molar-refractivity contribution in [2.24, 2.45) is 0 Å². The highest BCUT2D eigenvalue weighted by Crippen LogP contribution is 2.38. The normalized spacial score (nSPS) is 20.5. The monoisotopic (exact) mass is 274 g/mol. The van der Waals surface area contributed by atoms with E-state index in [0.29, 0.717) is 6.54 Å². The highest BCUT2D eigenvalue weighted by Gasteiger charge is 2.54. The van der Waals surface area contributed by atoms with E-state index in [1.807, 2.05) is 24.0 Å². The van der Waals surface area contributed by atoms with Gasteiger partial charge in [0.25, 0.3) is 0 Å². The van der Waals surface area contributed by atoms with Crippen LogP contribution in [-0.2, 0) is 6.54 Å². The van der Waals surface area contributed by atoms with Crippen LogP contribution in [0.4, 0.5) is 13.2 Å². The molecule has 1 fully saturated rings. The molecule has 19 heavy (non-hydrogen) atoms. The zero-order valence-corrected chi connectivity index (χ0v) is 10.7. The van der Waals surface area contributed by atoms with Crippen molar-refractivity contribution in [1.82, 2.24) is 9.88 Å². The average molecular weight is 274 g/mol. The summed E-state index contributed by atoms with van der Waals surface area (Å²) in [5, 5.41) is 9.58. The minimum absolute atomic E-state index is 0.228. The molecule has 0 aliphatic carbocycles. The molecule has 0 saturated carbocycles. The maximum atomic E-state index is 12.7. The van der Waals surface area contributed by atoms with Crippen molar-refractivity contribution < 1.29 is 18.3 Å². The molecule has 0 bridgehead atoms. The van der Waals surface area contributed by atoms with Gasteiger partial charge in [-0.25, -0.2) is 0 Å². The summed E-state index contributed by atoms with van der Waals surface area (Å²) in [5.74, 6) is 0. The molecular weight excluding hydrogens is 257 g/mol. The number of alkyl halides is 3. The highest BCUT2D eigenvalue weighted by molar-refractivity contribution is 5.17. The van der Waals surface area contributed by atoms with Gasteiger partial charge >= 0.3 is 6.18 Å². The second-order valence-corrected chi connectivity index (χ2v) is 5.07. The Morgan fingerprint density at radius 1 is 1.37 bits per heavy atom. The van der Waals surface area contributed by atoms with E-state index in [-0.39, 0.29) is 25.9 Å². The zero-order chi connectivity index (χ0) is 14.1. The van der Waals surface area contributed by atoms with Crippen LogP contribution in [0.5, 0.6) is 0 Å². The van der Waals surface area contributed by atoms with Crippen LogP contribution in [0.1, 0.15) is 24.1 Å². The minimum Gasteiger partial charge on any atom is -0.380 e. The van der Waals surface area contributed by atoms with Gasteiger partial charge in [0.2, 0.25) is 0 Å². The van der Waals surface area contributed by atoms with Gasteiger partial charge in [-0.1, -0.05) is 6.07 Å². The molecule has 1 aromatic heterocycles. The van der Waals surface area contributed by atoms with Crippen molar-refractivity contribution in [3.05, 3.63) is 29.6 Å². The number of nitrogens with zero attached hydrogens (tertiary/aromatic N) is 2. The third-order valence-electron chi connectivity index (χ3n) is 3.70. The van der Waals surface area contributed by atoms with Crippen molar-refractivity contribution in [3.8, 4) is 0 Å². The van der Waals surface area contributed by atoms with Crippen molar-refractivity contribution in [2.75, 3.05) is 13.1 Å². The minimum atomic E-state index is -4.54. The second-order valence-electron chi connectivity index (χ2n) is 5.07. The summed E-state index contributed by atoms with van der Waals surface area (Å²) in [6.07, 6.45) is -3.41. The van der Waals surface area contributed by atoms with E-state index in [1.54, 1.807) is 6.20 Å². The van der Waals surface area contributed by atoms with Crippen LogP contribution in [0.25, 0.3) is 0 Å². The Labute approximate surface area is 110 Å². The van der Waals surface area contributed by atoms with Gasteiger partial charge in [0.05, 0.1) is 5.69 Å². The lowest BCUT2D eigenvalue weighted by atomic mass is 9.90. The number of aliphatic hydroxyl groups is 1. The van der Waals surface area contributed by atoms with Crippen LogP contribution >= 0.6 is 0 Å². The van der Waals surface area contributed by atoms with E-state index in [0.717, 1.165) is 11.3 Å². The van der Waals surface area contributed by atoms with Gasteiger partial charge in [-0.15, -0.1) is 0 Å². The standard InChI is InChI=1S/C13H17F3N2O/c1-10-3-2-6-17-11(10)9-18-7-4-12(19,5-8-18)13(14,15)16/h2-3,6,19H,4-5,7-9H2,1H3. The Bertz CT molecular complexity index is 440. The molecule has 0 aromatic carbocycles. The van der Waals surface area contributed by atoms with E-state index in [9.17, 15) is 18.3 Å². The molecule has 0 spiro atoms. The molecule has 0 unspecified atom stereocenters. The number of pyridine rings is 1. The van der Waals surface area contributed by atoms with Gasteiger partial charge in [-0.2, -0.15) is 13.2 Å². The average Bonchev–Trinajstić information content (AvgIpc) is 2.34.